The van der Waals surface area contributed by atoms with Crippen LogP contribution in [0.4, 0.5) is 11.4 Å². The molecule has 5 heteroatoms. The Balaban J connectivity index is 2.04. The highest BCUT2D eigenvalue weighted by molar-refractivity contribution is 6.31. The molecule has 2 rings (SSSR count). The molecule has 0 aromatic heterocycles. The Kier molecular flexibility index (Phi) is 4.66. The summed E-state index contributed by atoms with van der Waals surface area (Å²) in [4.78, 5) is 14.0. The highest BCUT2D eigenvalue weighted by Crippen LogP contribution is 2.28. The highest BCUT2D eigenvalue weighted by atomic mass is 35.5. The third-order valence-electron chi connectivity index (χ3n) is 3.31. The van der Waals surface area contributed by atoms with E-state index in [-0.39, 0.29) is 5.91 Å². The van der Waals surface area contributed by atoms with Crippen LogP contribution in [0.3, 0.4) is 0 Å². The van der Waals surface area contributed by atoms with Crippen LogP contribution < -0.4 is 15.5 Å². The minimum absolute atomic E-state index is 0.0322. The number of benzene rings is 1. The number of amides is 1. The monoisotopic (exact) mass is 281 g/mol. The molecule has 1 heterocycles. The third-order valence-corrected chi connectivity index (χ3v) is 3.54. The predicted octanol–water partition coefficient (Wildman–Crippen LogP) is 2.49. The number of hydrogen-bond acceptors (Lipinski definition) is 3. The Hall–Kier alpha value is -1.26. The van der Waals surface area contributed by atoms with Crippen molar-refractivity contribution in [2.24, 2.45) is 0 Å². The van der Waals surface area contributed by atoms with Crippen LogP contribution in [0.15, 0.2) is 18.2 Å². The molecule has 1 fully saturated rings. The molecule has 1 saturated heterocycles. The van der Waals surface area contributed by atoms with Gasteiger partial charge in [-0.3, -0.25) is 4.79 Å². The quantitative estimate of drug-likeness (QED) is 0.891. The Morgan fingerprint density at radius 2 is 2.32 bits per heavy atom. The Labute approximate surface area is 119 Å². The van der Waals surface area contributed by atoms with E-state index in [2.05, 4.69) is 10.6 Å². The van der Waals surface area contributed by atoms with Gasteiger partial charge in [-0.2, -0.15) is 0 Å². The number of nitrogens with one attached hydrogen (secondary N) is 2. The van der Waals surface area contributed by atoms with Gasteiger partial charge in [0.05, 0.1) is 11.4 Å². The van der Waals surface area contributed by atoms with E-state index in [4.69, 9.17) is 11.6 Å². The van der Waals surface area contributed by atoms with E-state index in [9.17, 15) is 4.79 Å². The van der Waals surface area contributed by atoms with Gasteiger partial charge < -0.3 is 15.5 Å². The van der Waals surface area contributed by atoms with Crippen molar-refractivity contribution < 1.29 is 4.79 Å². The number of halogens is 1. The molecule has 1 amide bonds. The minimum Gasteiger partial charge on any atom is -0.376 e. The Morgan fingerprint density at radius 1 is 1.53 bits per heavy atom. The normalized spacial score (nSPS) is 18.4. The second kappa shape index (κ2) is 6.26. The topological polar surface area (TPSA) is 44.4 Å². The van der Waals surface area contributed by atoms with Gasteiger partial charge in [-0.25, -0.2) is 0 Å². The van der Waals surface area contributed by atoms with Crippen LogP contribution in [0.1, 0.15) is 19.3 Å². The minimum atomic E-state index is 0.0322. The molecule has 1 aliphatic rings. The highest BCUT2D eigenvalue weighted by Gasteiger charge is 2.18. The number of carbonyl (C=O) groups excluding carboxylic acids is 1. The molecule has 1 atom stereocenters. The second-order valence-corrected chi connectivity index (χ2v) is 5.54. The van der Waals surface area contributed by atoms with Gasteiger partial charge in [0.1, 0.15) is 0 Å². The van der Waals surface area contributed by atoms with Crippen LogP contribution in [0, 0.1) is 0 Å². The zero-order chi connectivity index (χ0) is 13.8. The van der Waals surface area contributed by atoms with Crippen LogP contribution >= 0.6 is 11.6 Å². The average molecular weight is 282 g/mol. The van der Waals surface area contributed by atoms with Crippen LogP contribution in [-0.4, -0.2) is 32.6 Å². The molecule has 0 radical (unpaired) electrons. The summed E-state index contributed by atoms with van der Waals surface area (Å²) in [6, 6.07) is 5.83. The first-order valence-corrected chi connectivity index (χ1v) is 6.94. The Morgan fingerprint density at radius 3 is 2.95 bits per heavy atom. The molecule has 0 saturated carbocycles. The van der Waals surface area contributed by atoms with Crippen molar-refractivity contribution in [2.75, 3.05) is 30.9 Å². The molecule has 104 valence electrons. The van der Waals surface area contributed by atoms with Gasteiger partial charge in [-0.05, 0) is 37.6 Å². The standard InChI is InChI=1S/C14H20ClN3O/c1-18(2)13-6-5-10(15)8-12(13)17-14(19)9-11-4-3-7-16-11/h5-6,8,11,16H,3-4,7,9H2,1-2H3,(H,17,19). The molecule has 1 unspecified atom stereocenters. The lowest BCUT2D eigenvalue weighted by atomic mass is 10.1. The van der Waals surface area contributed by atoms with E-state index < -0.39 is 0 Å². The molecule has 0 aliphatic carbocycles. The van der Waals surface area contributed by atoms with Crippen molar-refractivity contribution in [3.8, 4) is 0 Å². The number of hydrogen-bond donors (Lipinski definition) is 2. The van der Waals surface area contributed by atoms with E-state index >= 15 is 0 Å². The van der Waals surface area contributed by atoms with Crippen molar-refractivity contribution in [2.45, 2.75) is 25.3 Å². The summed E-state index contributed by atoms with van der Waals surface area (Å²) in [5.41, 5.74) is 1.72. The molecule has 19 heavy (non-hydrogen) atoms. The van der Waals surface area contributed by atoms with E-state index in [1.807, 2.05) is 31.1 Å². The van der Waals surface area contributed by atoms with Crippen LogP contribution in [0.5, 0.6) is 0 Å². The maximum absolute atomic E-state index is 12.0. The van der Waals surface area contributed by atoms with Crippen molar-refractivity contribution in [1.82, 2.24) is 5.32 Å². The van der Waals surface area contributed by atoms with E-state index in [1.165, 1.54) is 0 Å². The van der Waals surface area contributed by atoms with E-state index in [1.54, 1.807) is 6.07 Å². The molecule has 1 aromatic carbocycles. The largest absolute Gasteiger partial charge is 0.376 e. The van der Waals surface area contributed by atoms with E-state index in [0.717, 1.165) is 30.8 Å². The summed E-state index contributed by atoms with van der Waals surface area (Å²) in [6.45, 7) is 1.01. The van der Waals surface area contributed by atoms with Gasteiger partial charge in [0.2, 0.25) is 5.91 Å². The molecule has 1 aliphatic heterocycles. The van der Waals surface area contributed by atoms with Crippen LogP contribution in [0.25, 0.3) is 0 Å². The third kappa shape index (κ3) is 3.85. The molecule has 2 N–H and O–H groups in total. The molecule has 1 aromatic rings. The SMILES string of the molecule is CN(C)c1ccc(Cl)cc1NC(=O)CC1CCCN1. The zero-order valence-corrected chi connectivity index (χ0v) is 12.1. The number of rotatable bonds is 4. The van der Waals surface area contributed by atoms with Gasteiger partial charge >= 0.3 is 0 Å². The predicted molar refractivity (Wildman–Crippen MR) is 80.1 cm³/mol. The van der Waals surface area contributed by atoms with E-state index in [0.29, 0.717) is 17.5 Å². The summed E-state index contributed by atoms with van der Waals surface area (Å²) in [5, 5.41) is 6.90. The van der Waals surface area contributed by atoms with Gasteiger partial charge in [0.25, 0.3) is 0 Å². The summed E-state index contributed by atoms with van der Waals surface area (Å²) in [5.74, 6) is 0.0322. The second-order valence-electron chi connectivity index (χ2n) is 5.10. The number of carbonyl (C=O) groups is 1. The first kappa shape index (κ1) is 14.2. The fourth-order valence-electron chi connectivity index (χ4n) is 2.35. The van der Waals surface area contributed by atoms with Crippen LogP contribution in [-0.2, 0) is 4.79 Å². The maximum Gasteiger partial charge on any atom is 0.225 e. The summed E-state index contributed by atoms with van der Waals surface area (Å²) >= 11 is 5.99. The lowest BCUT2D eigenvalue weighted by molar-refractivity contribution is -0.116. The molecular formula is C14H20ClN3O. The number of anilines is 2. The smallest absolute Gasteiger partial charge is 0.225 e. The van der Waals surface area contributed by atoms with Gasteiger partial charge in [0.15, 0.2) is 0 Å². The van der Waals surface area contributed by atoms with Crippen molar-refractivity contribution in [3.63, 3.8) is 0 Å². The van der Waals surface area contributed by atoms with Gasteiger partial charge in [-0.15, -0.1) is 0 Å². The summed E-state index contributed by atoms with van der Waals surface area (Å²) in [7, 11) is 3.88. The molecule has 0 spiro atoms. The van der Waals surface area contributed by atoms with Gasteiger partial charge in [-0.1, -0.05) is 11.6 Å². The first-order valence-electron chi connectivity index (χ1n) is 6.56. The Bertz CT molecular complexity index is 456. The first-order chi connectivity index (χ1) is 9.06. The van der Waals surface area contributed by atoms with Crippen molar-refractivity contribution in [3.05, 3.63) is 23.2 Å². The van der Waals surface area contributed by atoms with Crippen LogP contribution in [0.2, 0.25) is 5.02 Å². The lowest BCUT2D eigenvalue weighted by Crippen LogP contribution is -2.28. The van der Waals surface area contributed by atoms with Crippen molar-refractivity contribution in [1.29, 1.82) is 0 Å². The average Bonchev–Trinajstić information content (AvgIpc) is 2.81. The maximum atomic E-state index is 12.0. The fourth-order valence-corrected chi connectivity index (χ4v) is 2.53. The lowest BCUT2D eigenvalue weighted by Gasteiger charge is -2.19. The molecule has 0 bridgehead atoms. The zero-order valence-electron chi connectivity index (χ0n) is 11.4. The van der Waals surface area contributed by atoms with Gasteiger partial charge in [0, 0.05) is 31.6 Å². The molecule has 4 nitrogen and oxygen atoms in total. The summed E-state index contributed by atoms with van der Waals surface area (Å²) in [6.07, 6.45) is 2.74. The van der Waals surface area contributed by atoms with Crippen molar-refractivity contribution >= 4 is 28.9 Å². The fraction of sp³-hybridized carbons (Fsp3) is 0.500. The number of nitrogens with zero attached hydrogens (tertiary/aromatic N) is 1. The summed E-state index contributed by atoms with van der Waals surface area (Å²) < 4.78 is 0. The molecular weight excluding hydrogens is 262 g/mol.